The van der Waals surface area contributed by atoms with Crippen LogP contribution in [0, 0.1) is 0 Å². The second-order valence-corrected chi connectivity index (χ2v) is 5.67. The SMILES string of the molecule is NC(C(=O)NC1CCCCCC1)c1cccs1. The molecule has 1 atom stereocenters. The van der Waals surface area contributed by atoms with Crippen molar-refractivity contribution < 1.29 is 4.79 Å². The van der Waals surface area contributed by atoms with E-state index in [2.05, 4.69) is 5.32 Å². The summed E-state index contributed by atoms with van der Waals surface area (Å²) in [4.78, 5) is 12.9. The van der Waals surface area contributed by atoms with Gasteiger partial charge in [-0.1, -0.05) is 31.7 Å². The maximum Gasteiger partial charge on any atom is 0.242 e. The summed E-state index contributed by atoms with van der Waals surface area (Å²) in [5, 5.41) is 5.04. The van der Waals surface area contributed by atoms with E-state index in [1.54, 1.807) is 0 Å². The van der Waals surface area contributed by atoms with Crippen molar-refractivity contribution in [1.82, 2.24) is 5.32 Å². The summed E-state index contributed by atoms with van der Waals surface area (Å²) in [6.07, 6.45) is 7.23. The Hall–Kier alpha value is -0.870. The van der Waals surface area contributed by atoms with Gasteiger partial charge in [-0.2, -0.15) is 0 Å². The average molecular weight is 252 g/mol. The molecule has 1 amide bonds. The van der Waals surface area contributed by atoms with Crippen LogP contribution in [0.4, 0.5) is 0 Å². The predicted molar refractivity (Wildman–Crippen MR) is 70.9 cm³/mol. The number of nitrogens with two attached hydrogens (primary N) is 1. The average Bonchev–Trinajstić information content (AvgIpc) is 2.74. The smallest absolute Gasteiger partial charge is 0.242 e. The molecule has 17 heavy (non-hydrogen) atoms. The van der Waals surface area contributed by atoms with Gasteiger partial charge in [0.25, 0.3) is 0 Å². The Morgan fingerprint density at radius 2 is 2.06 bits per heavy atom. The molecule has 1 unspecified atom stereocenters. The molecular weight excluding hydrogens is 232 g/mol. The molecule has 1 aliphatic rings. The summed E-state index contributed by atoms with van der Waals surface area (Å²) < 4.78 is 0. The van der Waals surface area contributed by atoms with Gasteiger partial charge in [0.2, 0.25) is 5.91 Å². The number of amides is 1. The molecule has 1 aromatic rings. The van der Waals surface area contributed by atoms with Crippen LogP contribution in [0.3, 0.4) is 0 Å². The summed E-state index contributed by atoms with van der Waals surface area (Å²) in [6.45, 7) is 0. The molecule has 1 aromatic heterocycles. The van der Waals surface area contributed by atoms with Crippen molar-refractivity contribution in [2.45, 2.75) is 50.6 Å². The second-order valence-electron chi connectivity index (χ2n) is 4.69. The molecule has 1 heterocycles. The van der Waals surface area contributed by atoms with E-state index in [0.29, 0.717) is 6.04 Å². The van der Waals surface area contributed by atoms with Crippen LogP contribution in [0.15, 0.2) is 17.5 Å². The third-order valence-electron chi connectivity index (χ3n) is 3.33. The van der Waals surface area contributed by atoms with Gasteiger partial charge in [0, 0.05) is 10.9 Å². The topological polar surface area (TPSA) is 55.1 Å². The Morgan fingerprint density at radius 3 is 2.65 bits per heavy atom. The molecule has 1 aliphatic carbocycles. The summed E-state index contributed by atoms with van der Waals surface area (Å²) in [5.41, 5.74) is 5.94. The first kappa shape index (κ1) is 12.6. The van der Waals surface area contributed by atoms with Crippen molar-refractivity contribution >= 4 is 17.2 Å². The van der Waals surface area contributed by atoms with Gasteiger partial charge in [0.15, 0.2) is 0 Å². The normalized spacial score (nSPS) is 19.6. The van der Waals surface area contributed by atoms with Crippen LogP contribution in [0.25, 0.3) is 0 Å². The lowest BCUT2D eigenvalue weighted by molar-refractivity contribution is -0.123. The molecule has 94 valence electrons. The van der Waals surface area contributed by atoms with Gasteiger partial charge in [-0.3, -0.25) is 4.79 Å². The maximum atomic E-state index is 12.0. The number of carbonyl (C=O) groups excluding carboxylic acids is 1. The van der Waals surface area contributed by atoms with Gasteiger partial charge in [0.05, 0.1) is 0 Å². The van der Waals surface area contributed by atoms with Crippen molar-refractivity contribution in [3.63, 3.8) is 0 Å². The zero-order chi connectivity index (χ0) is 12.1. The van der Waals surface area contributed by atoms with Gasteiger partial charge in [-0.05, 0) is 24.3 Å². The molecule has 0 aromatic carbocycles. The van der Waals surface area contributed by atoms with Gasteiger partial charge < -0.3 is 11.1 Å². The molecule has 0 saturated heterocycles. The lowest BCUT2D eigenvalue weighted by Gasteiger charge is -2.18. The minimum Gasteiger partial charge on any atom is -0.352 e. The third kappa shape index (κ3) is 3.54. The minimum absolute atomic E-state index is 0.0284. The highest BCUT2D eigenvalue weighted by Gasteiger charge is 2.20. The van der Waals surface area contributed by atoms with Crippen LogP contribution in [-0.4, -0.2) is 11.9 Å². The first-order valence-corrected chi connectivity index (χ1v) is 7.24. The fourth-order valence-electron chi connectivity index (χ4n) is 2.31. The van der Waals surface area contributed by atoms with E-state index >= 15 is 0 Å². The van der Waals surface area contributed by atoms with Crippen molar-refractivity contribution in [2.24, 2.45) is 5.73 Å². The molecule has 4 heteroatoms. The predicted octanol–water partition coefficient (Wildman–Crippen LogP) is 2.59. The molecule has 3 N–H and O–H groups in total. The third-order valence-corrected chi connectivity index (χ3v) is 4.29. The lowest BCUT2D eigenvalue weighted by atomic mass is 10.1. The number of hydrogen-bond acceptors (Lipinski definition) is 3. The molecule has 0 radical (unpaired) electrons. The fourth-order valence-corrected chi connectivity index (χ4v) is 3.04. The van der Waals surface area contributed by atoms with Crippen molar-refractivity contribution in [3.8, 4) is 0 Å². The van der Waals surface area contributed by atoms with E-state index < -0.39 is 6.04 Å². The summed E-state index contributed by atoms with van der Waals surface area (Å²) in [7, 11) is 0. The molecule has 2 rings (SSSR count). The van der Waals surface area contributed by atoms with E-state index in [9.17, 15) is 4.79 Å². The van der Waals surface area contributed by atoms with E-state index in [4.69, 9.17) is 5.73 Å². The molecule has 0 spiro atoms. The molecular formula is C13H20N2OS. The molecule has 1 fully saturated rings. The largest absolute Gasteiger partial charge is 0.352 e. The van der Waals surface area contributed by atoms with E-state index in [1.165, 1.54) is 37.0 Å². The van der Waals surface area contributed by atoms with Crippen molar-refractivity contribution in [1.29, 1.82) is 0 Å². The maximum absolute atomic E-state index is 12.0. The summed E-state index contributed by atoms with van der Waals surface area (Å²) >= 11 is 1.54. The highest BCUT2D eigenvalue weighted by atomic mass is 32.1. The lowest BCUT2D eigenvalue weighted by Crippen LogP contribution is -2.40. The number of carbonyl (C=O) groups is 1. The Morgan fingerprint density at radius 1 is 1.35 bits per heavy atom. The standard InChI is InChI=1S/C13H20N2OS/c14-12(11-8-5-9-17-11)13(16)15-10-6-3-1-2-4-7-10/h5,8-10,12H,1-4,6-7,14H2,(H,15,16). The Labute approximate surface area is 106 Å². The van der Waals surface area contributed by atoms with E-state index in [0.717, 1.165) is 17.7 Å². The number of rotatable bonds is 3. The van der Waals surface area contributed by atoms with Crippen LogP contribution in [-0.2, 0) is 4.79 Å². The van der Waals surface area contributed by atoms with Crippen LogP contribution in [0.2, 0.25) is 0 Å². The monoisotopic (exact) mass is 252 g/mol. The summed E-state index contributed by atoms with van der Waals surface area (Å²) in [5.74, 6) is -0.0284. The van der Waals surface area contributed by atoms with Crippen molar-refractivity contribution in [2.75, 3.05) is 0 Å². The van der Waals surface area contributed by atoms with Gasteiger partial charge in [0.1, 0.15) is 6.04 Å². The van der Waals surface area contributed by atoms with Gasteiger partial charge in [-0.15, -0.1) is 11.3 Å². The minimum atomic E-state index is -0.502. The van der Waals surface area contributed by atoms with E-state index in [1.807, 2.05) is 17.5 Å². The Balaban J connectivity index is 1.87. The van der Waals surface area contributed by atoms with Crippen LogP contribution in [0.5, 0.6) is 0 Å². The molecule has 3 nitrogen and oxygen atoms in total. The Bertz CT molecular complexity index is 342. The molecule has 1 saturated carbocycles. The first-order valence-electron chi connectivity index (χ1n) is 6.37. The van der Waals surface area contributed by atoms with Gasteiger partial charge >= 0.3 is 0 Å². The van der Waals surface area contributed by atoms with Crippen LogP contribution >= 0.6 is 11.3 Å². The second kappa shape index (κ2) is 6.17. The zero-order valence-electron chi connectivity index (χ0n) is 10.0. The molecule has 0 aliphatic heterocycles. The van der Waals surface area contributed by atoms with Crippen LogP contribution < -0.4 is 11.1 Å². The quantitative estimate of drug-likeness (QED) is 0.812. The Kier molecular flexibility index (Phi) is 4.57. The van der Waals surface area contributed by atoms with Gasteiger partial charge in [-0.25, -0.2) is 0 Å². The first-order chi connectivity index (χ1) is 8.27. The van der Waals surface area contributed by atoms with Crippen molar-refractivity contribution in [3.05, 3.63) is 22.4 Å². The summed E-state index contributed by atoms with van der Waals surface area (Å²) in [6, 6.07) is 3.68. The number of thiophene rings is 1. The van der Waals surface area contributed by atoms with Crippen LogP contribution in [0.1, 0.15) is 49.4 Å². The fraction of sp³-hybridized carbons (Fsp3) is 0.615. The number of hydrogen-bond donors (Lipinski definition) is 2. The number of nitrogens with one attached hydrogen (secondary N) is 1. The zero-order valence-corrected chi connectivity index (χ0v) is 10.8. The highest BCUT2D eigenvalue weighted by Crippen LogP contribution is 2.20. The van der Waals surface area contributed by atoms with E-state index in [-0.39, 0.29) is 5.91 Å². The molecule has 0 bridgehead atoms. The highest BCUT2D eigenvalue weighted by molar-refractivity contribution is 7.10.